The predicted molar refractivity (Wildman–Crippen MR) is 109 cm³/mol. The summed E-state index contributed by atoms with van der Waals surface area (Å²) in [7, 11) is 0. The Balaban J connectivity index is 1.62. The molecule has 0 aliphatic rings. The Morgan fingerprint density at radius 3 is 2.42 bits per heavy atom. The second-order valence-corrected chi connectivity index (χ2v) is 7.26. The van der Waals surface area contributed by atoms with E-state index in [1.54, 1.807) is 12.1 Å². The lowest BCUT2D eigenvalue weighted by Gasteiger charge is -2.11. The van der Waals surface area contributed by atoms with Gasteiger partial charge < -0.3 is 0 Å². The number of benzene rings is 2. The van der Waals surface area contributed by atoms with E-state index >= 15 is 0 Å². The number of thiocarbonyl (C=S) groups is 1. The van der Waals surface area contributed by atoms with E-state index in [1.165, 1.54) is 11.3 Å². The summed E-state index contributed by atoms with van der Waals surface area (Å²) in [5.41, 5.74) is 6.33. The number of rotatable bonds is 2. The molecule has 3 aromatic rings. The smallest absolute Gasteiger partial charge is 0.269 e. The van der Waals surface area contributed by atoms with Crippen molar-refractivity contribution in [1.29, 1.82) is 0 Å². The Bertz CT molecular complexity index is 1020. The number of amides is 2. The number of thiophene rings is 1. The van der Waals surface area contributed by atoms with Crippen LogP contribution in [0.5, 0.6) is 0 Å². The summed E-state index contributed by atoms with van der Waals surface area (Å²) in [6.45, 7) is 1.83. The largest absolute Gasteiger partial charge is 0.297 e. The van der Waals surface area contributed by atoms with Gasteiger partial charge in [0.05, 0.1) is 5.02 Å². The van der Waals surface area contributed by atoms with Gasteiger partial charge in [0.1, 0.15) is 4.88 Å². The number of aryl methyl sites for hydroxylation is 1. The Morgan fingerprint density at radius 2 is 1.69 bits per heavy atom. The van der Waals surface area contributed by atoms with Crippen molar-refractivity contribution in [3.8, 4) is 0 Å². The maximum atomic E-state index is 12.4. The fourth-order valence-corrected chi connectivity index (χ4v) is 3.92. The molecule has 0 fully saturated rings. The normalized spacial score (nSPS) is 10.4. The van der Waals surface area contributed by atoms with E-state index in [1.807, 2.05) is 43.3 Å². The lowest BCUT2D eigenvalue weighted by Crippen LogP contribution is -2.48. The van der Waals surface area contributed by atoms with Crippen molar-refractivity contribution in [2.75, 3.05) is 0 Å². The minimum Gasteiger partial charge on any atom is -0.297 e. The number of nitrogens with one attached hydrogen (secondary N) is 3. The number of hydrazine groups is 1. The highest BCUT2D eigenvalue weighted by Crippen LogP contribution is 2.34. The number of hydrogen-bond acceptors (Lipinski definition) is 4. The SMILES string of the molecule is Cc1ccccc1C(=O)NNC(=S)NC(=O)c1sc2ccccc2c1Cl. The van der Waals surface area contributed by atoms with E-state index in [9.17, 15) is 9.59 Å². The van der Waals surface area contributed by atoms with Crippen LogP contribution in [0, 0.1) is 6.92 Å². The molecule has 5 nitrogen and oxygen atoms in total. The average molecular weight is 404 g/mol. The summed E-state index contributed by atoms with van der Waals surface area (Å²) in [5.74, 6) is -0.779. The molecule has 132 valence electrons. The Morgan fingerprint density at radius 1 is 1.00 bits per heavy atom. The summed E-state index contributed by atoms with van der Waals surface area (Å²) in [6.07, 6.45) is 0. The molecule has 2 aromatic carbocycles. The van der Waals surface area contributed by atoms with Crippen LogP contribution in [0.25, 0.3) is 10.1 Å². The van der Waals surface area contributed by atoms with Crippen molar-refractivity contribution in [2.24, 2.45) is 0 Å². The molecule has 0 radical (unpaired) electrons. The molecule has 0 unspecified atom stereocenters. The summed E-state index contributed by atoms with van der Waals surface area (Å²) in [6, 6.07) is 14.6. The first-order valence-electron chi connectivity index (χ1n) is 7.61. The van der Waals surface area contributed by atoms with E-state index in [4.69, 9.17) is 23.8 Å². The van der Waals surface area contributed by atoms with Crippen molar-refractivity contribution in [2.45, 2.75) is 6.92 Å². The molecular formula is C18H14ClN3O2S2. The van der Waals surface area contributed by atoms with Gasteiger partial charge in [0.2, 0.25) is 0 Å². The van der Waals surface area contributed by atoms with Crippen molar-refractivity contribution in [3.05, 3.63) is 69.6 Å². The average Bonchev–Trinajstić information content (AvgIpc) is 2.97. The van der Waals surface area contributed by atoms with Crippen molar-refractivity contribution >= 4 is 62.2 Å². The van der Waals surface area contributed by atoms with Gasteiger partial charge >= 0.3 is 0 Å². The topological polar surface area (TPSA) is 70.2 Å². The number of halogens is 1. The molecule has 26 heavy (non-hydrogen) atoms. The maximum absolute atomic E-state index is 12.4. The minimum atomic E-state index is -0.432. The van der Waals surface area contributed by atoms with E-state index in [0.29, 0.717) is 15.5 Å². The number of carbonyl (C=O) groups is 2. The fraction of sp³-hybridized carbons (Fsp3) is 0.0556. The molecule has 2 amide bonds. The van der Waals surface area contributed by atoms with E-state index < -0.39 is 5.91 Å². The first-order chi connectivity index (χ1) is 12.5. The third kappa shape index (κ3) is 3.85. The van der Waals surface area contributed by atoms with Crippen LogP contribution in [-0.4, -0.2) is 16.9 Å². The molecule has 0 spiro atoms. The monoisotopic (exact) mass is 403 g/mol. The fourth-order valence-electron chi connectivity index (χ4n) is 2.36. The second-order valence-electron chi connectivity index (χ2n) is 5.42. The van der Waals surface area contributed by atoms with Crippen LogP contribution in [-0.2, 0) is 0 Å². The summed E-state index contributed by atoms with van der Waals surface area (Å²) < 4.78 is 0.911. The molecule has 0 aliphatic heterocycles. The van der Waals surface area contributed by atoms with Crippen LogP contribution in [0.1, 0.15) is 25.6 Å². The van der Waals surface area contributed by atoms with Gasteiger partial charge in [0.15, 0.2) is 5.11 Å². The Kier molecular flexibility index (Phi) is 5.51. The van der Waals surface area contributed by atoms with Gasteiger partial charge in [-0.15, -0.1) is 11.3 Å². The van der Waals surface area contributed by atoms with Crippen molar-refractivity contribution in [3.63, 3.8) is 0 Å². The molecule has 1 heterocycles. The quantitative estimate of drug-likeness (QED) is 0.449. The highest BCUT2D eigenvalue weighted by molar-refractivity contribution is 7.80. The molecule has 8 heteroatoms. The molecule has 3 N–H and O–H groups in total. The van der Waals surface area contributed by atoms with Gasteiger partial charge in [-0.25, -0.2) is 0 Å². The second kappa shape index (κ2) is 7.82. The molecule has 0 bridgehead atoms. The standard InChI is InChI=1S/C18H14ClN3O2S2/c1-10-6-2-3-7-11(10)16(23)21-22-18(25)20-17(24)15-14(19)12-8-4-5-9-13(12)26-15/h2-9H,1H3,(H,21,23)(H2,20,22,24,25). The van der Waals surface area contributed by atoms with Gasteiger partial charge in [-0.2, -0.15) is 0 Å². The predicted octanol–water partition coefficient (Wildman–Crippen LogP) is 3.81. The van der Waals surface area contributed by atoms with Crippen molar-refractivity contribution < 1.29 is 9.59 Å². The molecule has 1 aromatic heterocycles. The zero-order chi connectivity index (χ0) is 18.7. The highest BCUT2D eigenvalue weighted by Gasteiger charge is 2.18. The molecule has 0 saturated carbocycles. The third-order valence-electron chi connectivity index (χ3n) is 3.65. The lowest BCUT2D eigenvalue weighted by atomic mass is 10.1. The van der Waals surface area contributed by atoms with E-state index in [2.05, 4.69) is 16.2 Å². The molecule has 0 atom stereocenters. The lowest BCUT2D eigenvalue weighted by molar-refractivity contribution is 0.0934. The van der Waals surface area contributed by atoms with Crippen LogP contribution in [0.3, 0.4) is 0 Å². The van der Waals surface area contributed by atoms with Gasteiger partial charge in [0.25, 0.3) is 11.8 Å². The number of hydrogen-bond donors (Lipinski definition) is 3. The summed E-state index contributed by atoms with van der Waals surface area (Å²) >= 11 is 12.6. The van der Waals surface area contributed by atoms with Crippen molar-refractivity contribution in [1.82, 2.24) is 16.2 Å². The summed E-state index contributed by atoms with van der Waals surface area (Å²) in [5, 5.41) is 3.69. The van der Waals surface area contributed by atoms with Gasteiger partial charge in [-0.1, -0.05) is 48.0 Å². The zero-order valence-corrected chi connectivity index (χ0v) is 16.0. The molecule has 3 rings (SSSR count). The maximum Gasteiger partial charge on any atom is 0.269 e. The van der Waals surface area contributed by atoms with Crippen LogP contribution in [0.4, 0.5) is 0 Å². The van der Waals surface area contributed by atoms with Gasteiger partial charge in [-0.3, -0.25) is 25.8 Å². The Hall–Kier alpha value is -2.48. The van der Waals surface area contributed by atoms with Crippen LogP contribution in [0.15, 0.2) is 48.5 Å². The minimum absolute atomic E-state index is 0.0227. The van der Waals surface area contributed by atoms with Gasteiger partial charge in [-0.05, 0) is 36.8 Å². The first kappa shape index (κ1) is 18.3. The van der Waals surface area contributed by atoms with Crippen LogP contribution in [0.2, 0.25) is 5.02 Å². The van der Waals surface area contributed by atoms with Gasteiger partial charge in [0, 0.05) is 15.6 Å². The number of carbonyl (C=O) groups excluding carboxylic acids is 2. The highest BCUT2D eigenvalue weighted by atomic mass is 35.5. The molecule has 0 aliphatic carbocycles. The molecular weight excluding hydrogens is 390 g/mol. The Labute approximate surface area is 164 Å². The van der Waals surface area contributed by atoms with Crippen LogP contribution >= 0.6 is 35.2 Å². The zero-order valence-electron chi connectivity index (χ0n) is 13.6. The first-order valence-corrected chi connectivity index (χ1v) is 9.22. The van der Waals surface area contributed by atoms with Crippen LogP contribution < -0.4 is 16.2 Å². The molecule has 0 saturated heterocycles. The summed E-state index contributed by atoms with van der Waals surface area (Å²) in [4.78, 5) is 24.9. The van der Waals surface area contributed by atoms with E-state index in [0.717, 1.165) is 15.6 Å². The van der Waals surface area contributed by atoms with E-state index in [-0.39, 0.29) is 11.0 Å². The third-order valence-corrected chi connectivity index (χ3v) is 5.53. The number of fused-ring (bicyclic) bond motifs is 1.